The average Bonchev–Trinajstić information content (AvgIpc) is 3.04. The van der Waals surface area contributed by atoms with E-state index < -0.39 is 5.91 Å². The van der Waals surface area contributed by atoms with E-state index in [0.717, 1.165) is 22.0 Å². The Bertz CT molecular complexity index is 963. The van der Waals surface area contributed by atoms with Crippen LogP contribution < -0.4 is 5.32 Å². The molecule has 25 heavy (non-hydrogen) atoms. The first-order chi connectivity index (χ1) is 12.2. The van der Waals surface area contributed by atoms with Crippen LogP contribution in [-0.2, 0) is 11.2 Å². The maximum Gasteiger partial charge on any atom is 0.261 e. The number of hydrogen-bond donors (Lipinski definition) is 3. The van der Waals surface area contributed by atoms with Crippen LogP contribution in [0.25, 0.3) is 17.0 Å². The molecule has 3 aromatic rings. The van der Waals surface area contributed by atoms with E-state index in [1.165, 1.54) is 0 Å². The highest BCUT2D eigenvalue weighted by Crippen LogP contribution is 2.20. The number of carbonyl (C=O) groups is 1. The van der Waals surface area contributed by atoms with Crippen LogP contribution in [0.15, 0.2) is 60.3 Å². The molecule has 0 aliphatic carbocycles. The van der Waals surface area contributed by atoms with E-state index in [9.17, 15) is 15.2 Å². The first-order valence-electron chi connectivity index (χ1n) is 7.91. The molecular formula is C20H17N3O2. The molecule has 3 rings (SSSR count). The van der Waals surface area contributed by atoms with Crippen LogP contribution >= 0.6 is 0 Å². The molecule has 5 nitrogen and oxygen atoms in total. The van der Waals surface area contributed by atoms with Gasteiger partial charge in [-0.3, -0.25) is 4.79 Å². The predicted molar refractivity (Wildman–Crippen MR) is 96.7 cm³/mol. The number of hydrogen-bond acceptors (Lipinski definition) is 3. The molecular weight excluding hydrogens is 314 g/mol. The zero-order chi connectivity index (χ0) is 17.6. The Kier molecular flexibility index (Phi) is 4.82. The van der Waals surface area contributed by atoms with Gasteiger partial charge in [0.15, 0.2) is 0 Å². The fourth-order valence-corrected chi connectivity index (χ4v) is 2.60. The number of phenols is 1. The Morgan fingerprint density at radius 1 is 1.20 bits per heavy atom. The molecule has 0 saturated heterocycles. The van der Waals surface area contributed by atoms with E-state index in [-0.39, 0.29) is 11.3 Å². The lowest BCUT2D eigenvalue weighted by molar-refractivity contribution is -0.117. The molecule has 1 amide bonds. The highest BCUT2D eigenvalue weighted by molar-refractivity contribution is 6.03. The van der Waals surface area contributed by atoms with Gasteiger partial charge in [0, 0.05) is 29.2 Å². The molecule has 0 spiro atoms. The Morgan fingerprint density at radius 3 is 2.72 bits per heavy atom. The minimum atomic E-state index is -0.397. The van der Waals surface area contributed by atoms with Gasteiger partial charge in [0.05, 0.1) is 0 Å². The van der Waals surface area contributed by atoms with Crippen LogP contribution in [0.3, 0.4) is 0 Å². The number of amides is 1. The summed E-state index contributed by atoms with van der Waals surface area (Å²) in [6.45, 7) is 0.413. The number of aromatic hydroxyl groups is 1. The van der Waals surface area contributed by atoms with Crippen molar-refractivity contribution in [1.29, 1.82) is 5.26 Å². The largest absolute Gasteiger partial charge is 0.508 e. The van der Waals surface area contributed by atoms with E-state index in [4.69, 9.17) is 0 Å². The summed E-state index contributed by atoms with van der Waals surface area (Å²) >= 11 is 0. The molecule has 1 aromatic heterocycles. The molecule has 0 saturated carbocycles. The van der Waals surface area contributed by atoms with Crippen LogP contribution in [0.5, 0.6) is 5.75 Å². The van der Waals surface area contributed by atoms with Gasteiger partial charge >= 0.3 is 0 Å². The lowest BCUT2D eigenvalue weighted by Gasteiger charge is -2.05. The molecule has 0 fully saturated rings. The van der Waals surface area contributed by atoms with Gasteiger partial charge in [-0.2, -0.15) is 5.26 Å². The number of phenolic OH excluding ortho intramolecular Hbond substituents is 1. The summed E-state index contributed by atoms with van der Waals surface area (Å²) in [6, 6.07) is 16.5. The highest BCUT2D eigenvalue weighted by atomic mass is 16.3. The summed E-state index contributed by atoms with van der Waals surface area (Å²) < 4.78 is 0. The smallest absolute Gasteiger partial charge is 0.261 e. The van der Waals surface area contributed by atoms with Crippen molar-refractivity contribution in [3.8, 4) is 11.8 Å². The number of aromatic amines is 1. The fourth-order valence-electron chi connectivity index (χ4n) is 2.60. The van der Waals surface area contributed by atoms with Crippen LogP contribution in [0, 0.1) is 11.3 Å². The average molecular weight is 331 g/mol. The second-order valence-corrected chi connectivity index (χ2v) is 5.63. The lowest BCUT2D eigenvalue weighted by Crippen LogP contribution is -2.26. The van der Waals surface area contributed by atoms with Crippen molar-refractivity contribution >= 4 is 22.9 Å². The SMILES string of the molecule is N#CC(=Cc1c[nH]c2ccccc12)C(=O)NCCc1ccc(O)cc1. The number of nitrogens with zero attached hydrogens (tertiary/aromatic N) is 1. The molecule has 0 bridgehead atoms. The van der Waals surface area contributed by atoms with Gasteiger partial charge in [-0.15, -0.1) is 0 Å². The third-order valence-corrected chi connectivity index (χ3v) is 3.92. The van der Waals surface area contributed by atoms with Crippen molar-refractivity contribution in [2.75, 3.05) is 6.54 Å². The maximum atomic E-state index is 12.2. The summed E-state index contributed by atoms with van der Waals surface area (Å²) in [5, 5.41) is 22.3. The molecule has 2 aromatic carbocycles. The molecule has 0 unspecified atom stereocenters. The van der Waals surface area contributed by atoms with Gasteiger partial charge in [0.1, 0.15) is 17.4 Å². The van der Waals surface area contributed by atoms with E-state index in [0.29, 0.717) is 13.0 Å². The van der Waals surface area contributed by atoms with Crippen molar-refractivity contribution in [3.05, 3.63) is 71.4 Å². The van der Waals surface area contributed by atoms with E-state index in [1.54, 1.807) is 36.5 Å². The Hall–Kier alpha value is -3.52. The van der Waals surface area contributed by atoms with Gasteiger partial charge in [0.2, 0.25) is 0 Å². The zero-order valence-electron chi connectivity index (χ0n) is 13.5. The molecule has 0 aliphatic heterocycles. The van der Waals surface area contributed by atoms with Crippen LogP contribution in [-0.4, -0.2) is 22.5 Å². The summed E-state index contributed by atoms with van der Waals surface area (Å²) in [4.78, 5) is 15.3. The first-order valence-corrected chi connectivity index (χ1v) is 7.91. The number of para-hydroxylation sites is 1. The summed E-state index contributed by atoms with van der Waals surface area (Å²) in [5.74, 6) is -0.187. The Labute approximate surface area is 145 Å². The number of rotatable bonds is 5. The predicted octanol–water partition coefficient (Wildman–Crippen LogP) is 3.14. The number of carbonyl (C=O) groups excluding carboxylic acids is 1. The van der Waals surface area contributed by atoms with E-state index in [1.807, 2.05) is 30.3 Å². The number of fused-ring (bicyclic) bond motifs is 1. The second kappa shape index (κ2) is 7.37. The molecule has 124 valence electrons. The monoisotopic (exact) mass is 331 g/mol. The van der Waals surface area contributed by atoms with Crippen molar-refractivity contribution in [1.82, 2.24) is 10.3 Å². The van der Waals surface area contributed by atoms with Crippen LogP contribution in [0.2, 0.25) is 0 Å². The Balaban J connectivity index is 1.67. The zero-order valence-corrected chi connectivity index (χ0v) is 13.5. The fraction of sp³-hybridized carbons (Fsp3) is 0.100. The standard InChI is InChI=1S/C20H17N3O2/c21-12-15(11-16-13-23-19-4-2-1-3-18(16)19)20(25)22-10-9-14-5-7-17(24)8-6-14/h1-8,11,13,23-24H,9-10H2,(H,22,25). The minimum Gasteiger partial charge on any atom is -0.508 e. The summed E-state index contributed by atoms with van der Waals surface area (Å²) in [5.41, 5.74) is 2.83. The molecule has 3 N–H and O–H groups in total. The number of benzene rings is 2. The molecule has 0 aliphatic rings. The summed E-state index contributed by atoms with van der Waals surface area (Å²) in [7, 11) is 0. The molecule has 0 atom stereocenters. The maximum absolute atomic E-state index is 12.2. The number of H-pyrrole nitrogens is 1. The molecule has 1 heterocycles. The van der Waals surface area contributed by atoms with Gasteiger partial charge in [0.25, 0.3) is 5.91 Å². The van der Waals surface area contributed by atoms with Crippen molar-refractivity contribution in [3.63, 3.8) is 0 Å². The minimum absolute atomic E-state index is 0.0652. The molecule has 5 heteroatoms. The van der Waals surface area contributed by atoms with E-state index >= 15 is 0 Å². The number of aromatic nitrogens is 1. The second-order valence-electron chi connectivity index (χ2n) is 5.63. The normalized spacial score (nSPS) is 11.2. The third-order valence-electron chi connectivity index (χ3n) is 3.92. The third kappa shape index (κ3) is 3.88. The quantitative estimate of drug-likeness (QED) is 0.496. The Morgan fingerprint density at radius 2 is 1.96 bits per heavy atom. The van der Waals surface area contributed by atoms with Crippen molar-refractivity contribution < 1.29 is 9.90 Å². The van der Waals surface area contributed by atoms with Crippen molar-refractivity contribution in [2.24, 2.45) is 0 Å². The number of nitrogens with one attached hydrogen (secondary N) is 2. The van der Waals surface area contributed by atoms with Crippen molar-refractivity contribution in [2.45, 2.75) is 6.42 Å². The van der Waals surface area contributed by atoms with Crippen LogP contribution in [0.1, 0.15) is 11.1 Å². The highest BCUT2D eigenvalue weighted by Gasteiger charge is 2.10. The topological polar surface area (TPSA) is 88.9 Å². The first kappa shape index (κ1) is 16.3. The van der Waals surface area contributed by atoms with Gasteiger partial charge in [-0.25, -0.2) is 0 Å². The lowest BCUT2D eigenvalue weighted by atomic mass is 10.1. The van der Waals surface area contributed by atoms with Gasteiger partial charge in [-0.1, -0.05) is 30.3 Å². The summed E-state index contributed by atoms with van der Waals surface area (Å²) in [6.07, 6.45) is 4.00. The van der Waals surface area contributed by atoms with Crippen LogP contribution in [0.4, 0.5) is 0 Å². The van der Waals surface area contributed by atoms with Gasteiger partial charge < -0.3 is 15.4 Å². The van der Waals surface area contributed by atoms with E-state index in [2.05, 4.69) is 10.3 Å². The number of nitriles is 1. The molecule has 0 radical (unpaired) electrons. The van der Waals surface area contributed by atoms with Gasteiger partial charge in [-0.05, 0) is 36.3 Å².